The van der Waals surface area contributed by atoms with E-state index in [4.69, 9.17) is 9.47 Å². The number of aromatic hydroxyl groups is 3. The van der Waals surface area contributed by atoms with Gasteiger partial charge in [-0.25, -0.2) is 0 Å². The SMILES string of the molecule is O=C(CCc1ccc(O)cc1)c1c(O)cc(O)cc1O[C@@H]1OC(CO)[C@@H](O)C(O)[C@@H]1O. The molecule has 0 bridgehead atoms. The molecule has 1 aliphatic rings. The molecule has 3 rings (SSSR count). The summed E-state index contributed by atoms with van der Waals surface area (Å²) in [5.41, 5.74) is 0.495. The highest BCUT2D eigenvalue weighted by atomic mass is 16.7. The van der Waals surface area contributed by atoms with Gasteiger partial charge in [0.05, 0.1) is 6.61 Å². The fourth-order valence-corrected chi connectivity index (χ4v) is 3.30. The van der Waals surface area contributed by atoms with Crippen LogP contribution in [-0.4, -0.2) is 78.8 Å². The van der Waals surface area contributed by atoms with Gasteiger partial charge in [-0.2, -0.15) is 0 Å². The van der Waals surface area contributed by atoms with Gasteiger partial charge in [-0.15, -0.1) is 0 Å². The van der Waals surface area contributed by atoms with Gasteiger partial charge in [0.25, 0.3) is 0 Å². The van der Waals surface area contributed by atoms with Crippen molar-refractivity contribution < 1.29 is 50.0 Å². The van der Waals surface area contributed by atoms with Crippen LogP contribution in [0, 0.1) is 0 Å². The molecule has 0 aromatic heterocycles. The van der Waals surface area contributed by atoms with Gasteiger partial charge in [0.2, 0.25) is 6.29 Å². The molecule has 5 atom stereocenters. The lowest BCUT2D eigenvalue weighted by Crippen LogP contribution is -2.60. The molecule has 0 amide bonds. The van der Waals surface area contributed by atoms with E-state index in [2.05, 4.69) is 0 Å². The second-order valence-electron chi connectivity index (χ2n) is 7.24. The van der Waals surface area contributed by atoms with Gasteiger partial charge >= 0.3 is 0 Å². The summed E-state index contributed by atoms with van der Waals surface area (Å²) in [6.45, 7) is -0.672. The highest BCUT2D eigenvalue weighted by Crippen LogP contribution is 2.36. The van der Waals surface area contributed by atoms with E-state index in [9.17, 15) is 40.5 Å². The number of aryl methyl sites for hydroxylation is 1. The first-order valence-electron chi connectivity index (χ1n) is 9.55. The van der Waals surface area contributed by atoms with Crippen LogP contribution in [0.3, 0.4) is 0 Å². The van der Waals surface area contributed by atoms with Crippen LogP contribution >= 0.6 is 0 Å². The van der Waals surface area contributed by atoms with Crippen LogP contribution in [0.15, 0.2) is 36.4 Å². The van der Waals surface area contributed by atoms with Gasteiger partial charge in [-0.3, -0.25) is 4.79 Å². The highest BCUT2D eigenvalue weighted by Gasteiger charge is 2.45. The van der Waals surface area contributed by atoms with Gasteiger partial charge in [0.15, 0.2) is 5.78 Å². The first-order valence-corrected chi connectivity index (χ1v) is 9.55. The third-order valence-corrected chi connectivity index (χ3v) is 5.01. The molecule has 2 unspecified atom stereocenters. The molecular formula is C21H24O10. The largest absolute Gasteiger partial charge is 0.508 e. The Kier molecular flexibility index (Phi) is 6.98. The van der Waals surface area contributed by atoms with E-state index < -0.39 is 54.6 Å². The Morgan fingerprint density at radius 1 is 0.935 bits per heavy atom. The van der Waals surface area contributed by atoms with Crippen molar-refractivity contribution >= 4 is 5.78 Å². The van der Waals surface area contributed by atoms with Crippen LogP contribution in [0.1, 0.15) is 22.3 Å². The summed E-state index contributed by atoms with van der Waals surface area (Å²) in [6.07, 6.45) is -7.61. The molecule has 0 radical (unpaired) electrons. The number of phenolic OH excluding ortho intramolecular Hbond substituents is 3. The second kappa shape index (κ2) is 9.50. The average molecular weight is 436 g/mol. The van der Waals surface area contributed by atoms with Crippen molar-refractivity contribution in [2.24, 2.45) is 0 Å². The molecule has 168 valence electrons. The van der Waals surface area contributed by atoms with Gasteiger partial charge in [0, 0.05) is 18.6 Å². The summed E-state index contributed by atoms with van der Waals surface area (Å²) in [5, 5.41) is 68.6. The number of carbonyl (C=O) groups excluding carboxylic acids is 1. The Balaban J connectivity index is 1.82. The summed E-state index contributed by atoms with van der Waals surface area (Å²) in [5.74, 6) is -1.74. The average Bonchev–Trinajstić information content (AvgIpc) is 2.73. The minimum Gasteiger partial charge on any atom is -0.508 e. The number of carbonyl (C=O) groups is 1. The van der Waals surface area contributed by atoms with Crippen LogP contribution in [-0.2, 0) is 11.2 Å². The van der Waals surface area contributed by atoms with E-state index in [1.165, 1.54) is 12.1 Å². The number of benzene rings is 2. The number of hydrogen-bond acceptors (Lipinski definition) is 10. The summed E-state index contributed by atoms with van der Waals surface area (Å²) >= 11 is 0. The number of hydrogen-bond donors (Lipinski definition) is 7. The van der Waals surface area contributed by atoms with Crippen LogP contribution in [0.25, 0.3) is 0 Å². The van der Waals surface area contributed by atoms with E-state index in [1.807, 2.05) is 0 Å². The topological polar surface area (TPSA) is 177 Å². The third kappa shape index (κ3) is 5.06. The monoisotopic (exact) mass is 436 g/mol. The van der Waals surface area contributed by atoms with Crippen LogP contribution in [0.5, 0.6) is 23.0 Å². The zero-order valence-corrected chi connectivity index (χ0v) is 16.3. The predicted molar refractivity (Wildman–Crippen MR) is 105 cm³/mol. The van der Waals surface area contributed by atoms with Gasteiger partial charge in [-0.05, 0) is 24.1 Å². The fraction of sp³-hybridized carbons (Fsp3) is 0.381. The molecule has 10 heteroatoms. The smallest absolute Gasteiger partial charge is 0.229 e. The zero-order chi connectivity index (χ0) is 22.7. The zero-order valence-electron chi connectivity index (χ0n) is 16.3. The molecule has 31 heavy (non-hydrogen) atoms. The molecular weight excluding hydrogens is 412 g/mol. The Morgan fingerprint density at radius 3 is 2.26 bits per heavy atom. The van der Waals surface area contributed by atoms with Crippen LogP contribution < -0.4 is 4.74 Å². The number of aliphatic hydroxyl groups is 4. The summed E-state index contributed by atoms with van der Waals surface area (Å²) in [7, 11) is 0. The Bertz CT molecular complexity index is 911. The molecule has 10 nitrogen and oxygen atoms in total. The summed E-state index contributed by atoms with van der Waals surface area (Å²) < 4.78 is 10.7. The molecule has 2 aromatic rings. The predicted octanol–water partition coefficient (Wildman–Crippen LogP) is -0.202. The van der Waals surface area contributed by atoms with Crippen molar-refractivity contribution in [3.8, 4) is 23.0 Å². The number of aliphatic hydroxyl groups excluding tert-OH is 4. The lowest BCUT2D eigenvalue weighted by molar-refractivity contribution is -0.277. The van der Waals surface area contributed by atoms with Crippen molar-refractivity contribution in [3.63, 3.8) is 0 Å². The van der Waals surface area contributed by atoms with Crippen molar-refractivity contribution in [3.05, 3.63) is 47.5 Å². The lowest BCUT2D eigenvalue weighted by Gasteiger charge is -2.39. The first-order chi connectivity index (χ1) is 14.7. The van der Waals surface area contributed by atoms with E-state index in [1.54, 1.807) is 12.1 Å². The van der Waals surface area contributed by atoms with Crippen molar-refractivity contribution in [2.45, 2.75) is 43.5 Å². The number of rotatable bonds is 7. The maximum atomic E-state index is 12.8. The van der Waals surface area contributed by atoms with Crippen LogP contribution in [0.4, 0.5) is 0 Å². The van der Waals surface area contributed by atoms with Crippen molar-refractivity contribution in [1.29, 1.82) is 0 Å². The second-order valence-corrected chi connectivity index (χ2v) is 7.24. The van der Waals surface area contributed by atoms with E-state index in [0.717, 1.165) is 17.7 Å². The van der Waals surface area contributed by atoms with Gasteiger partial charge < -0.3 is 45.2 Å². The Labute approximate surface area is 177 Å². The van der Waals surface area contributed by atoms with Crippen LogP contribution in [0.2, 0.25) is 0 Å². The van der Waals surface area contributed by atoms with Gasteiger partial charge in [0.1, 0.15) is 53.0 Å². The molecule has 1 aliphatic heterocycles. The minimum absolute atomic E-state index is 0.0475. The number of Topliss-reactive ketones (excluding diaryl/α,β-unsaturated/α-hetero) is 1. The quantitative estimate of drug-likeness (QED) is 0.288. The lowest BCUT2D eigenvalue weighted by atomic mass is 9.99. The minimum atomic E-state index is -1.73. The Hall–Kier alpha value is -2.89. The molecule has 1 saturated heterocycles. The molecule has 0 saturated carbocycles. The summed E-state index contributed by atoms with van der Waals surface area (Å²) in [6, 6.07) is 8.23. The number of ketones is 1. The number of phenols is 3. The molecule has 1 fully saturated rings. The molecule has 1 heterocycles. The van der Waals surface area contributed by atoms with Gasteiger partial charge in [-0.1, -0.05) is 12.1 Å². The third-order valence-electron chi connectivity index (χ3n) is 5.01. The fourth-order valence-electron chi connectivity index (χ4n) is 3.30. The number of ether oxygens (including phenoxy) is 2. The van der Waals surface area contributed by atoms with Crippen molar-refractivity contribution in [2.75, 3.05) is 6.61 Å². The highest BCUT2D eigenvalue weighted by molar-refractivity contribution is 6.01. The molecule has 7 N–H and O–H groups in total. The summed E-state index contributed by atoms with van der Waals surface area (Å²) in [4.78, 5) is 12.8. The molecule has 2 aromatic carbocycles. The standard InChI is InChI=1S/C21H24O10/c22-9-16-18(27)19(28)20(29)21(31-16)30-15-8-12(24)7-14(26)17(15)13(25)6-3-10-1-4-11(23)5-2-10/h1-2,4-5,7-8,16,18-24,26-29H,3,6,9H2/t16?,18-,19?,20+,21-/m1/s1. The van der Waals surface area contributed by atoms with E-state index in [-0.39, 0.29) is 23.5 Å². The van der Waals surface area contributed by atoms with E-state index in [0.29, 0.717) is 6.42 Å². The Morgan fingerprint density at radius 2 is 1.61 bits per heavy atom. The van der Waals surface area contributed by atoms with Crippen molar-refractivity contribution in [1.82, 2.24) is 0 Å². The molecule has 0 spiro atoms. The normalized spacial score (nSPS) is 25.9. The molecule has 0 aliphatic carbocycles. The van der Waals surface area contributed by atoms with E-state index >= 15 is 0 Å². The maximum Gasteiger partial charge on any atom is 0.229 e. The maximum absolute atomic E-state index is 12.8. The first kappa shape index (κ1) is 22.8.